The van der Waals surface area contributed by atoms with Gasteiger partial charge in [-0.1, -0.05) is 71.9 Å². The number of piperazine rings is 1. The van der Waals surface area contributed by atoms with E-state index in [4.69, 9.17) is 11.6 Å². The smallest absolute Gasteiger partial charge is 0.255 e. The van der Waals surface area contributed by atoms with Crippen molar-refractivity contribution in [3.8, 4) is 0 Å². The monoisotopic (exact) mass is 517 g/mol. The summed E-state index contributed by atoms with van der Waals surface area (Å²) in [7, 11) is 0. The van der Waals surface area contributed by atoms with Gasteiger partial charge in [-0.25, -0.2) is 0 Å². The second-order valence-electron chi connectivity index (χ2n) is 9.22. The Labute approximate surface area is 221 Å². The van der Waals surface area contributed by atoms with Crippen molar-refractivity contribution in [1.29, 1.82) is 0 Å². The first-order chi connectivity index (χ1) is 17.7. The molecule has 0 radical (unpaired) electrons. The van der Waals surface area contributed by atoms with Crippen molar-refractivity contribution >= 4 is 40.5 Å². The predicted octanol–water partition coefficient (Wildman–Crippen LogP) is 4.13. The van der Waals surface area contributed by atoms with Gasteiger partial charge in [0.2, 0.25) is 0 Å². The predicted molar refractivity (Wildman–Crippen MR) is 147 cm³/mol. The van der Waals surface area contributed by atoms with Crippen LogP contribution < -0.4 is 10.6 Å². The average Bonchev–Trinajstić information content (AvgIpc) is 3.58. The largest absolute Gasteiger partial charge is 0.371 e. The Morgan fingerprint density at radius 2 is 1.78 bits per heavy atom. The molecule has 36 heavy (non-hydrogen) atoms. The topological polar surface area (TPSA) is 50.9 Å². The Kier molecular flexibility index (Phi) is 6.52. The molecule has 1 fully saturated rings. The zero-order valence-corrected chi connectivity index (χ0v) is 21.4. The quantitative estimate of drug-likeness (QED) is 0.622. The van der Waals surface area contributed by atoms with Gasteiger partial charge < -0.3 is 20.4 Å². The summed E-state index contributed by atoms with van der Waals surface area (Å²) in [6, 6.07) is 18.5. The normalized spacial score (nSPS) is 23.4. The van der Waals surface area contributed by atoms with Crippen molar-refractivity contribution in [3.05, 3.63) is 106 Å². The Hall–Kier alpha value is -3.13. The summed E-state index contributed by atoms with van der Waals surface area (Å²) in [4.78, 5) is 19.6. The van der Waals surface area contributed by atoms with Crippen LogP contribution in [0.15, 0.2) is 90.3 Å². The van der Waals surface area contributed by atoms with E-state index in [0.717, 1.165) is 49.0 Å². The van der Waals surface area contributed by atoms with Crippen molar-refractivity contribution < 1.29 is 4.79 Å². The Bertz CT molecular complexity index is 1240. The molecule has 4 heterocycles. The Morgan fingerprint density at radius 1 is 1.00 bits per heavy atom. The van der Waals surface area contributed by atoms with Crippen LogP contribution >= 0.6 is 23.4 Å². The molecule has 8 heteroatoms. The molecule has 6 nitrogen and oxygen atoms in total. The van der Waals surface area contributed by atoms with Gasteiger partial charge in [-0.15, -0.1) is 0 Å². The lowest BCUT2D eigenvalue weighted by Crippen LogP contribution is -2.53. The number of halogens is 1. The third kappa shape index (κ3) is 4.66. The van der Waals surface area contributed by atoms with Gasteiger partial charge in [0.05, 0.1) is 11.4 Å². The molecule has 0 bridgehead atoms. The van der Waals surface area contributed by atoms with E-state index in [2.05, 4.69) is 75.2 Å². The number of thioether (sulfide) groups is 1. The van der Waals surface area contributed by atoms with E-state index in [1.54, 1.807) is 0 Å². The van der Waals surface area contributed by atoms with E-state index in [0.29, 0.717) is 0 Å². The van der Waals surface area contributed by atoms with Gasteiger partial charge in [-0.2, -0.15) is 0 Å². The van der Waals surface area contributed by atoms with Crippen LogP contribution in [0.2, 0.25) is 5.02 Å². The lowest BCUT2D eigenvalue weighted by Gasteiger charge is -2.37. The highest BCUT2D eigenvalue weighted by molar-refractivity contribution is 8.03. The third-order valence-corrected chi connectivity index (χ3v) is 8.14. The van der Waals surface area contributed by atoms with Gasteiger partial charge in [0.25, 0.3) is 5.91 Å². The number of nitrogens with zero attached hydrogens (tertiary/aromatic N) is 3. The number of benzene rings is 2. The SMILES string of the molecule is O=C(C1NC=CS1)N1CCN(CC2=C(c3ccc(Cl)cc3)NC3C=CC(c4ccccc4)=CN23)CC1. The number of nitrogens with one attached hydrogen (secondary N) is 2. The minimum Gasteiger partial charge on any atom is -0.371 e. The van der Waals surface area contributed by atoms with Crippen molar-refractivity contribution in [2.75, 3.05) is 32.7 Å². The highest BCUT2D eigenvalue weighted by Gasteiger charge is 2.34. The summed E-state index contributed by atoms with van der Waals surface area (Å²) in [6.07, 6.45) is 8.59. The third-order valence-electron chi connectivity index (χ3n) is 6.98. The number of carbonyl (C=O) groups is 1. The molecule has 6 rings (SSSR count). The van der Waals surface area contributed by atoms with E-state index >= 15 is 0 Å². The van der Waals surface area contributed by atoms with Crippen LogP contribution in [-0.4, -0.2) is 64.9 Å². The van der Waals surface area contributed by atoms with Crippen molar-refractivity contribution in [3.63, 3.8) is 0 Å². The van der Waals surface area contributed by atoms with Gasteiger partial charge >= 0.3 is 0 Å². The van der Waals surface area contributed by atoms with Crippen molar-refractivity contribution in [2.45, 2.75) is 11.5 Å². The molecule has 2 unspecified atom stereocenters. The first-order valence-electron chi connectivity index (χ1n) is 12.2. The second-order valence-corrected chi connectivity index (χ2v) is 10.7. The summed E-state index contributed by atoms with van der Waals surface area (Å²) in [5.74, 6) is 0.171. The molecule has 1 amide bonds. The standard InChI is InChI=1S/C28H28ClN5OS/c29-23-9-6-21(7-10-23)26-24(19-32-13-15-33(16-14-32)28(35)27-30-12-17-36-27)34-18-22(8-11-25(34)31-26)20-4-2-1-3-5-20/h1-12,17-18,25,27,30-31H,13-16,19H2. The first-order valence-corrected chi connectivity index (χ1v) is 13.5. The lowest BCUT2D eigenvalue weighted by atomic mass is 10.0. The molecule has 0 aromatic heterocycles. The Balaban J connectivity index is 1.24. The van der Waals surface area contributed by atoms with Crippen LogP contribution in [0.1, 0.15) is 11.1 Å². The van der Waals surface area contributed by atoms with Crippen LogP contribution in [-0.2, 0) is 4.79 Å². The highest BCUT2D eigenvalue weighted by Crippen LogP contribution is 2.34. The molecule has 4 aliphatic heterocycles. The van der Waals surface area contributed by atoms with Gasteiger partial charge in [-0.05, 0) is 40.3 Å². The molecule has 0 saturated carbocycles. The number of carbonyl (C=O) groups excluding carboxylic acids is 1. The van der Waals surface area contributed by atoms with Crippen molar-refractivity contribution in [2.24, 2.45) is 0 Å². The molecule has 0 aliphatic carbocycles. The van der Waals surface area contributed by atoms with Gasteiger partial charge in [-0.3, -0.25) is 9.69 Å². The molecule has 2 atom stereocenters. The van der Waals surface area contributed by atoms with E-state index in [1.807, 2.05) is 34.7 Å². The molecule has 1 saturated heterocycles. The molecular formula is C28H28ClN5OS. The number of allylic oxidation sites excluding steroid dienone is 2. The van der Waals surface area contributed by atoms with E-state index in [1.165, 1.54) is 28.6 Å². The minimum atomic E-state index is -0.183. The molecule has 184 valence electrons. The molecule has 0 spiro atoms. The summed E-state index contributed by atoms with van der Waals surface area (Å²) < 4.78 is 0. The first kappa shape index (κ1) is 23.3. The van der Waals surface area contributed by atoms with E-state index in [-0.39, 0.29) is 17.4 Å². The number of fused-ring (bicyclic) bond motifs is 1. The second kappa shape index (κ2) is 10.1. The van der Waals surface area contributed by atoms with E-state index in [9.17, 15) is 4.79 Å². The summed E-state index contributed by atoms with van der Waals surface area (Å²) in [5, 5.41) is 9.35. The van der Waals surface area contributed by atoms with Crippen LogP contribution in [0.5, 0.6) is 0 Å². The fourth-order valence-electron chi connectivity index (χ4n) is 5.03. The molecule has 4 aliphatic rings. The summed E-state index contributed by atoms with van der Waals surface area (Å²) >= 11 is 7.73. The van der Waals surface area contributed by atoms with Crippen LogP contribution in [0.25, 0.3) is 11.3 Å². The van der Waals surface area contributed by atoms with Gasteiger partial charge in [0.15, 0.2) is 5.37 Å². The highest BCUT2D eigenvalue weighted by atomic mass is 35.5. The maximum atomic E-state index is 12.8. The molecule has 2 aromatic rings. The number of hydrogen-bond donors (Lipinski definition) is 2. The average molecular weight is 518 g/mol. The molecule has 2 N–H and O–H groups in total. The zero-order chi connectivity index (χ0) is 24.5. The summed E-state index contributed by atoms with van der Waals surface area (Å²) in [5.41, 5.74) is 5.87. The molecular weight excluding hydrogens is 490 g/mol. The maximum absolute atomic E-state index is 12.8. The zero-order valence-electron chi connectivity index (χ0n) is 19.8. The van der Waals surface area contributed by atoms with Gasteiger partial charge in [0, 0.05) is 50.1 Å². The van der Waals surface area contributed by atoms with Crippen molar-refractivity contribution in [1.82, 2.24) is 25.3 Å². The van der Waals surface area contributed by atoms with Gasteiger partial charge in [0.1, 0.15) is 6.17 Å². The number of rotatable bonds is 5. The maximum Gasteiger partial charge on any atom is 0.255 e. The van der Waals surface area contributed by atoms with Crippen LogP contribution in [0.4, 0.5) is 0 Å². The molecule has 2 aromatic carbocycles. The number of hydrogen-bond acceptors (Lipinski definition) is 6. The summed E-state index contributed by atoms with van der Waals surface area (Å²) in [6.45, 7) is 3.97. The van der Waals surface area contributed by atoms with Crippen LogP contribution in [0, 0.1) is 0 Å². The number of amides is 1. The van der Waals surface area contributed by atoms with E-state index < -0.39 is 0 Å². The fraction of sp³-hybridized carbons (Fsp3) is 0.250. The lowest BCUT2D eigenvalue weighted by molar-refractivity contribution is -0.132. The fourth-order valence-corrected chi connectivity index (χ4v) is 5.89. The minimum absolute atomic E-state index is 0.0685. The Morgan fingerprint density at radius 3 is 2.50 bits per heavy atom. The van der Waals surface area contributed by atoms with Crippen LogP contribution in [0.3, 0.4) is 0 Å².